The number of para-hydroxylation sites is 2. The Kier molecular flexibility index (Phi) is 5.04. The van der Waals surface area contributed by atoms with Crippen molar-refractivity contribution in [2.45, 2.75) is 32.2 Å². The van der Waals surface area contributed by atoms with Crippen LogP contribution >= 0.6 is 0 Å². The van der Waals surface area contributed by atoms with Crippen molar-refractivity contribution < 1.29 is 4.79 Å². The fourth-order valence-electron chi connectivity index (χ4n) is 3.13. The molecule has 1 aliphatic heterocycles. The minimum atomic E-state index is -0.296. The Morgan fingerprint density at radius 2 is 1.79 bits per heavy atom. The van der Waals surface area contributed by atoms with E-state index < -0.39 is 0 Å². The average molecular weight is 323 g/mol. The zero-order valence-corrected chi connectivity index (χ0v) is 14.2. The molecular formula is C20H25N3O. The van der Waals surface area contributed by atoms with E-state index in [2.05, 4.69) is 36.5 Å². The number of benzene rings is 2. The number of nitrogens with zero attached hydrogens (tertiary/aromatic N) is 1. The Labute approximate surface area is 143 Å². The van der Waals surface area contributed by atoms with Gasteiger partial charge in [-0.2, -0.15) is 0 Å². The van der Waals surface area contributed by atoms with Crippen molar-refractivity contribution in [1.29, 1.82) is 0 Å². The maximum absolute atomic E-state index is 13.0. The first-order valence-corrected chi connectivity index (χ1v) is 8.59. The second-order valence-corrected chi connectivity index (χ2v) is 6.51. The molecule has 1 fully saturated rings. The molecule has 1 atom stereocenters. The summed E-state index contributed by atoms with van der Waals surface area (Å²) in [5.41, 5.74) is 9.91. The van der Waals surface area contributed by atoms with Gasteiger partial charge < -0.3 is 16.0 Å². The Morgan fingerprint density at radius 1 is 1.12 bits per heavy atom. The number of aryl methyl sites for hydroxylation is 1. The van der Waals surface area contributed by atoms with Gasteiger partial charge >= 0.3 is 0 Å². The summed E-state index contributed by atoms with van der Waals surface area (Å²) in [5, 5.41) is 3.37. The fraction of sp³-hybridized carbons (Fsp3) is 0.350. The van der Waals surface area contributed by atoms with Crippen LogP contribution in [0.4, 0.5) is 11.4 Å². The second kappa shape index (κ2) is 7.39. The van der Waals surface area contributed by atoms with Gasteiger partial charge in [-0.25, -0.2) is 0 Å². The van der Waals surface area contributed by atoms with Crippen LogP contribution < -0.4 is 11.1 Å². The number of carbonyl (C=O) groups is 1. The molecule has 1 saturated heterocycles. The number of amides is 1. The molecule has 4 nitrogen and oxygen atoms in total. The second-order valence-electron chi connectivity index (χ2n) is 6.51. The van der Waals surface area contributed by atoms with Crippen LogP contribution in [0.15, 0.2) is 48.5 Å². The van der Waals surface area contributed by atoms with Gasteiger partial charge in [-0.15, -0.1) is 0 Å². The molecule has 0 spiro atoms. The van der Waals surface area contributed by atoms with E-state index in [0.29, 0.717) is 12.1 Å². The SMILES string of the molecule is Cc1ccc(CC(Nc2ccccc2N)C(=O)N2CCCC2)cc1. The van der Waals surface area contributed by atoms with E-state index in [1.165, 1.54) is 5.56 Å². The van der Waals surface area contributed by atoms with Gasteiger partial charge in [0.25, 0.3) is 0 Å². The molecule has 0 aliphatic carbocycles. The third kappa shape index (κ3) is 3.88. The van der Waals surface area contributed by atoms with E-state index >= 15 is 0 Å². The van der Waals surface area contributed by atoms with E-state index in [1.54, 1.807) is 0 Å². The van der Waals surface area contributed by atoms with Crippen LogP contribution in [0.2, 0.25) is 0 Å². The minimum absolute atomic E-state index is 0.163. The summed E-state index contributed by atoms with van der Waals surface area (Å²) in [7, 11) is 0. The minimum Gasteiger partial charge on any atom is -0.397 e. The lowest BCUT2D eigenvalue weighted by atomic mass is 10.0. The van der Waals surface area contributed by atoms with Gasteiger partial charge in [-0.05, 0) is 37.5 Å². The Hall–Kier alpha value is -2.49. The summed E-state index contributed by atoms with van der Waals surface area (Å²) >= 11 is 0. The lowest BCUT2D eigenvalue weighted by Gasteiger charge is -2.25. The normalized spacial score (nSPS) is 15.3. The molecule has 2 aromatic rings. The molecule has 2 aromatic carbocycles. The molecule has 1 unspecified atom stereocenters. The molecule has 1 aliphatic rings. The predicted molar refractivity (Wildman–Crippen MR) is 99.0 cm³/mol. The van der Waals surface area contributed by atoms with E-state index in [4.69, 9.17) is 5.73 Å². The maximum atomic E-state index is 13.0. The molecule has 24 heavy (non-hydrogen) atoms. The molecule has 3 rings (SSSR count). The van der Waals surface area contributed by atoms with Gasteiger partial charge in [0.2, 0.25) is 5.91 Å². The molecule has 0 aromatic heterocycles. The molecule has 1 heterocycles. The number of hydrogen-bond donors (Lipinski definition) is 2. The van der Waals surface area contributed by atoms with Crippen molar-refractivity contribution in [2.24, 2.45) is 0 Å². The Bertz CT molecular complexity index is 690. The van der Waals surface area contributed by atoms with Gasteiger partial charge in [-0.1, -0.05) is 42.0 Å². The number of rotatable bonds is 5. The number of likely N-dealkylation sites (tertiary alicyclic amines) is 1. The monoisotopic (exact) mass is 323 g/mol. The number of nitrogen functional groups attached to an aromatic ring is 1. The van der Waals surface area contributed by atoms with Crippen molar-refractivity contribution in [2.75, 3.05) is 24.1 Å². The summed E-state index contributed by atoms with van der Waals surface area (Å²) in [6, 6.07) is 15.7. The first-order chi connectivity index (χ1) is 11.6. The first-order valence-electron chi connectivity index (χ1n) is 8.59. The molecular weight excluding hydrogens is 298 g/mol. The fourth-order valence-corrected chi connectivity index (χ4v) is 3.13. The summed E-state index contributed by atoms with van der Waals surface area (Å²) in [6.07, 6.45) is 2.84. The molecule has 4 heteroatoms. The predicted octanol–water partition coefficient (Wildman–Crippen LogP) is 3.22. The topological polar surface area (TPSA) is 58.4 Å². The van der Waals surface area contributed by atoms with Crippen molar-refractivity contribution >= 4 is 17.3 Å². The van der Waals surface area contributed by atoms with E-state index in [-0.39, 0.29) is 11.9 Å². The van der Waals surface area contributed by atoms with Crippen molar-refractivity contribution in [1.82, 2.24) is 4.90 Å². The van der Waals surface area contributed by atoms with Crippen molar-refractivity contribution in [3.05, 3.63) is 59.7 Å². The average Bonchev–Trinajstić information content (AvgIpc) is 3.12. The Morgan fingerprint density at radius 3 is 2.46 bits per heavy atom. The highest BCUT2D eigenvalue weighted by molar-refractivity contribution is 5.86. The van der Waals surface area contributed by atoms with Crippen LogP contribution in [0, 0.1) is 6.92 Å². The van der Waals surface area contributed by atoms with Crippen LogP contribution in [0.3, 0.4) is 0 Å². The number of nitrogens with one attached hydrogen (secondary N) is 1. The molecule has 0 bridgehead atoms. The largest absolute Gasteiger partial charge is 0.397 e. The highest BCUT2D eigenvalue weighted by atomic mass is 16.2. The third-order valence-electron chi connectivity index (χ3n) is 4.57. The highest BCUT2D eigenvalue weighted by Crippen LogP contribution is 2.21. The summed E-state index contributed by atoms with van der Waals surface area (Å²) < 4.78 is 0. The lowest BCUT2D eigenvalue weighted by molar-refractivity contribution is -0.130. The van der Waals surface area contributed by atoms with Crippen molar-refractivity contribution in [3.63, 3.8) is 0 Å². The van der Waals surface area contributed by atoms with Crippen LogP contribution in [0.25, 0.3) is 0 Å². The zero-order valence-electron chi connectivity index (χ0n) is 14.2. The van der Waals surface area contributed by atoms with Crippen molar-refractivity contribution in [3.8, 4) is 0 Å². The smallest absolute Gasteiger partial charge is 0.245 e. The Balaban J connectivity index is 1.81. The first kappa shape index (κ1) is 16.4. The summed E-state index contributed by atoms with van der Waals surface area (Å²) in [4.78, 5) is 14.9. The number of carbonyl (C=O) groups excluding carboxylic acids is 1. The van der Waals surface area contributed by atoms with Gasteiger partial charge in [0.15, 0.2) is 0 Å². The molecule has 0 saturated carbocycles. The highest BCUT2D eigenvalue weighted by Gasteiger charge is 2.27. The van der Waals surface area contributed by atoms with Crippen LogP contribution in [-0.4, -0.2) is 29.9 Å². The third-order valence-corrected chi connectivity index (χ3v) is 4.57. The maximum Gasteiger partial charge on any atom is 0.245 e. The quantitative estimate of drug-likeness (QED) is 0.831. The van der Waals surface area contributed by atoms with E-state index in [1.807, 2.05) is 29.2 Å². The molecule has 0 radical (unpaired) electrons. The molecule has 3 N–H and O–H groups in total. The zero-order chi connectivity index (χ0) is 16.9. The lowest BCUT2D eigenvalue weighted by Crippen LogP contribution is -2.42. The van der Waals surface area contributed by atoms with Gasteiger partial charge in [0, 0.05) is 19.5 Å². The number of hydrogen-bond acceptors (Lipinski definition) is 3. The molecule has 126 valence electrons. The van der Waals surface area contributed by atoms with Crippen LogP contribution in [0.1, 0.15) is 24.0 Å². The summed E-state index contributed by atoms with van der Waals surface area (Å²) in [5.74, 6) is 0.163. The number of nitrogens with two attached hydrogens (primary N) is 1. The van der Waals surface area contributed by atoms with Gasteiger partial charge in [-0.3, -0.25) is 4.79 Å². The van der Waals surface area contributed by atoms with Gasteiger partial charge in [0.05, 0.1) is 11.4 Å². The van der Waals surface area contributed by atoms with Crippen LogP contribution in [0.5, 0.6) is 0 Å². The number of anilines is 2. The molecule has 1 amide bonds. The summed E-state index contributed by atoms with van der Waals surface area (Å²) in [6.45, 7) is 3.78. The standard InChI is InChI=1S/C20H25N3O/c1-15-8-10-16(11-9-15)14-19(20(24)23-12-4-5-13-23)22-18-7-3-2-6-17(18)21/h2-3,6-11,19,22H,4-5,12-14,21H2,1H3. The van der Waals surface area contributed by atoms with E-state index in [0.717, 1.165) is 37.2 Å². The van der Waals surface area contributed by atoms with E-state index in [9.17, 15) is 4.79 Å². The van der Waals surface area contributed by atoms with Gasteiger partial charge in [0.1, 0.15) is 6.04 Å². The van der Waals surface area contributed by atoms with Crippen LogP contribution in [-0.2, 0) is 11.2 Å².